The molecule has 2 aliphatic heterocycles. The van der Waals surface area contributed by atoms with Crippen LogP contribution in [0.4, 0.5) is 0 Å². The van der Waals surface area contributed by atoms with E-state index in [1.54, 1.807) is 0 Å². The molecule has 5 heteroatoms. The second kappa shape index (κ2) is 2.65. The van der Waals surface area contributed by atoms with Gasteiger partial charge in [-0.15, -0.1) is 0 Å². The normalized spacial score (nSPS) is 56.3. The Morgan fingerprint density at radius 3 is 2.38 bits per heavy atom. The van der Waals surface area contributed by atoms with Crippen molar-refractivity contribution in [2.24, 2.45) is 0 Å². The zero-order valence-electron chi connectivity index (χ0n) is 7.43. The molecule has 0 saturated carbocycles. The third-order valence-electron chi connectivity index (χ3n) is 2.70. The van der Waals surface area contributed by atoms with Crippen LogP contribution >= 0.6 is 0 Å². The van der Waals surface area contributed by atoms with E-state index < -0.39 is 23.6 Å². The van der Waals surface area contributed by atoms with Crippen LogP contribution in [0.2, 0.25) is 0 Å². The summed E-state index contributed by atoms with van der Waals surface area (Å²) in [4.78, 5) is 0. The first kappa shape index (κ1) is 9.36. The van der Waals surface area contributed by atoms with Crippen molar-refractivity contribution in [1.29, 1.82) is 0 Å². The lowest BCUT2D eigenvalue weighted by Gasteiger charge is -2.25. The lowest BCUT2D eigenvalue weighted by atomic mass is 9.92. The molecule has 13 heavy (non-hydrogen) atoms. The molecule has 2 saturated heterocycles. The van der Waals surface area contributed by atoms with Gasteiger partial charge in [-0.1, -0.05) is 0 Å². The molecule has 4 atom stereocenters. The number of ether oxygens (including phenoxy) is 2. The Labute approximate surface area is 75.9 Å². The molecule has 5 nitrogen and oxygen atoms in total. The second-order valence-corrected chi connectivity index (χ2v) is 4.03. The highest BCUT2D eigenvalue weighted by Gasteiger charge is 2.57. The van der Waals surface area contributed by atoms with Gasteiger partial charge in [0, 0.05) is 6.42 Å². The highest BCUT2D eigenvalue weighted by Crippen LogP contribution is 2.40. The van der Waals surface area contributed by atoms with Crippen molar-refractivity contribution in [3.05, 3.63) is 0 Å². The fourth-order valence-corrected chi connectivity index (χ4v) is 2.00. The molecule has 0 aromatic rings. The van der Waals surface area contributed by atoms with Gasteiger partial charge in [0.05, 0.1) is 13.2 Å². The third kappa shape index (κ3) is 1.37. The van der Waals surface area contributed by atoms with E-state index >= 15 is 0 Å². The van der Waals surface area contributed by atoms with Crippen molar-refractivity contribution >= 4 is 0 Å². The number of aliphatic hydroxyl groups is 3. The average molecular weight is 190 g/mol. The molecule has 0 aliphatic carbocycles. The maximum atomic E-state index is 9.61. The van der Waals surface area contributed by atoms with Crippen LogP contribution in [-0.2, 0) is 9.47 Å². The standard InChI is InChI=1S/C8H14O5/c1-7(11)3-8(4-13-7)6(10)5(9)2-12-8/h5-6,9-11H,2-4H2,1H3/t5-,6+,7+,8+/m1/s1. The number of hydrogen-bond acceptors (Lipinski definition) is 5. The number of hydrogen-bond donors (Lipinski definition) is 3. The van der Waals surface area contributed by atoms with Gasteiger partial charge in [-0.25, -0.2) is 0 Å². The van der Waals surface area contributed by atoms with Crippen molar-refractivity contribution in [2.75, 3.05) is 13.2 Å². The maximum Gasteiger partial charge on any atom is 0.165 e. The number of rotatable bonds is 0. The minimum Gasteiger partial charge on any atom is -0.388 e. The quantitative estimate of drug-likeness (QED) is 0.438. The van der Waals surface area contributed by atoms with Gasteiger partial charge in [0.2, 0.25) is 0 Å². The smallest absolute Gasteiger partial charge is 0.165 e. The van der Waals surface area contributed by atoms with Gasteiger partial charge in [0.25, 0.3) is 0 Å². The van der Waals surface area contributed by atoms with E-state index in [1.165, 1.54) is 6.92 Å². The van der Waals surface area contributed by atoms with Crippen molar-refractivity contribution in [2.45, 2.75) is 36.9 Å². The largest absolute Gasteiger partial charge is 0.388 e. The Morgan fingerprint density at radius 1 is 1.31 bits per heavy atom. The van der Waals surface area contributed by atoms with Crippen molar-refractivity contribution in [3.63, 3.8) is 0 Å². The highest BCUT2D eigenvalue weighted by atomic mass is 16.7. The summed E-state index contributed by atoms with van der Waals surface area (Å²) in [6, 6.07) is 0. The van der Waals surface area contributed by atoms with Crippen LogP contribution in [0.15, 0.2) is 0 Å². The maximum absolute atomic E-state index is 9.61. The number of aliphatic hydroxyl groups excluding tert-OH is 2. The molecular formula is C8H14O5. The molecule has 2 rings (SSSR count). The summed E-state index contributed by atoms with van der Waals surface area (Å²) in [5.74, 6) is -1.26. The first-order valence-corrected chi connectivity index (χ1v) is 4.32. The van der Waals surface area contributed by atoms with E-state index in [2.05, 4.69) is 0 Å². The van der Waals surface area contributed by atoms with E-state index in [1.807, 2.05) is 0 Å². The van der Waals surface area contributed by atoms with Crippen LogP contribution in [0.1, 0.15) is 13.3 Å². The third-order valence-corrected chi connectivity index (χ3v) is 2.70. The van der Waals surface area contributed by atoms with Crippen LogP contribution in [0.5, 0.6) is 0 Å². The Balaban J connectivity index is 2.16. The lowest BCUT2D eigenvalue weighted by molar-refractivity contribution is -0.155. The minimum absolute atomic E-state index is 0.0978. The summed E-state index contributed by atoms with van der Waals surface area (Å²) in [5, 5.41) is 28.4. The summed E-state index contributed by atoms with van der Waals surface area (Å²) in [5.41, 5.74) is -0.914. The molecule has 2 aliphatic rings. The minimum atomic E-state index is -1.26. The molecule has 1 spiro atoms. The van der Waals surface area contributed by atoms with E-state index in [4.69, 9.17) is 9.47 Å². The molecule has 2 fully saturated rings. The van der Waals surface area contributed by atoms with Crippen LogP contribution in [0.3, 0.4) is 0 Å². The van der Waals surface area contributed by atoms with Gasteiger partial charge in [0.15, 0.2) is 5.79 Å². The molecule has 76 valence electrons. The predicted molar refractivity (Wildman–Crippen MR) is 41.9 cm³/mol. The fraction of sp³-hybridized carbons (Fsp3) is 1.00. The zero-order valence-corrected chi connectivity index (χ0v) is 7.43. The summed E-state index contributed by atoms with van der Waals surface area (Å²) in [7, 11) is 0. The molecule has 0 unspecified atom stereocenters. The Kier molecular flexibility index (Phi) is 1.91. The lowest BCUT2D eigenvalue weighted by Crippen LogP contribution is -2.44. The van der Waals surface area contributed by atoms with Crippen molar-refractivity contribution in [3.8, 4) is 0 Å². The van der Waals surface area contributed by atoms with Crippen LogP contribution in [0.25, 0.3) is 0 Å². The summed E-state index contributed by atoms with van der Waals surface area (Å²) >= 11 is 0. The highest BCUT2D eigenvalue weighted by molar-refractivity contribution is 5.03. The van der Waals surface area contributed by atoms with Gasteiger partial charge >= 0.3 is 0 Å². The van der Waals surface area contributed by atoms with Crippen LogP contribution < -0.4 is 0 Å². The summed E-state index contributed by atoms with van der Waals surface area (Å²) in [6.07, 6.45) is -1.66. The Bertz CT molecular complexity index is 217. The van der Waals surface area contributed by atoms with E-state index in [0.717, 1.165) is 0 Å². The SMILES string of the molecule is C[C@@]1(O)C[C@@]2(CO1)OC[C@@H](O)[C@@H]2O. The van der Waals surface area contributed by atoms with Gasteiger partial charge < -0.3 is 24.8 Å². The summed E-state index contributed by atoms with van der Waals surface area (Å²) in [6.45, 7) is 1.74. The van der Waals surface area contributed by atoms with Crippen molar-refractivity contribution < 1.29 is 24.8 Å². The van der Waals surface area contributed by atoms with Gasteiger partial charge in [-0.2, -0.15) is 0 Å². The van der Waals surface area contributed by atoms with E-state index in [9.17, 15) is 15.3 Å². The second-order valence-electron chi connectivity index (χ2n) is 4.03. The Morgan fingerprint density at radius 2 is 2.00 bits per heavy atom. The molecule has 0 aromatic heterocycles. The van der Waals surface area contributed by atoms with E-state index in [0.29, 0.717) is 0 Å². The molecule has 0 radical (unpaired) electrons. The molecule has 2 heterocycles. The molecule has 0 amide bonds. The fourth-order valence-electron chi connectivity index (χ4n) is 2.00. The molecular weight excluding hydrogens is 176 g/mol. The predicted octanol–water partition coefficient (Wildman–Crippen LogP) is -1.39. The van der Waals surface area contributed by atoms with Crippen LogP contribution in [-0.4, -0.2) is 52.1 Å². The van der Waals surface area contributed by atoms with Crippen LogP contribution in [0, 0.1) is 0 Å². The Hall–Kier alpha value is -0.200. The summed E-state index contributed by atoms with van der Waals surface area (Å²) < 4.78 is 10.3. The topological polar surface area (TPSA) is 79.2 Å². The van der Waals surface area contributed by atoms with E-state index in [-0.39, 0.29) is 19.6 Å². The molecule has 3 N–H and O–H groups in total. The monoisotopic (exact) mass is 190 g/mol. The first-order valence-electron chi connectivity index (χ1n) is 4.32. The first-order chi connectivity index (χ1) is 5.95. The van der Waals surface area contributed by atoms with Gasteiger partial charge in [0.1, 0.15) is 17.8 Å². The zero-order chi connectivity index (χ0) is 9.69. The van der Waals surface area contributed by atoms with Gasteiger partial charge in [-0.3, -0.25) is 0 Å². The molecule has 0 bridgehead atoms. The van der Waals surface area contributed by atoms with Crippen molar-refractivity contribution in [1.82, 2.24) is 0 Å². The molecule has 0 aromatic carbocycles. The average Bonchev–Trinajstić information content (AvgIpc) is 2.48. The van der Waals surface area contributed by atoms with Gasteiger partial charge in [-0.05, 0) is 6.92 Å².